The van der Waals surface area contributed by atoms with Gasteiger partial charge in [-0.3, -0.25) is 4.98 Å². The van der Waals surface area contributed by atoms with Crippen LogP contribution < -0.4 is 5.73 Å². The van der Waals surface area contributed by atoms with Crippen molar-refractivity contribution in [2.45, 2.75) is 19.4 Å². The summed E-state index contributed by atoms with van der Waals surface area (Å²) in [5, 5.41) is 17.8. The number of aromatic nitrogens is 1. The fourth-order valence-electron chi connectivity index (χ4n) is 1.29. The molecule has 1 aromatic rings. The molecule has 0 aliphatic heterocycles. The smallest absolute Gasteiger partial charge is 0.280 e. The lowest BCUT2D eigenvalue weighted by molar-refractivity contribution is 0.144. The number of aromatic hydroxyl groups is 1. The van der Waals surface area contributed by atoms with E-state index in [0.29, 0.717) is 0 Å². The van der Waals surface area contributed by atoms with Crippen LogP contribution in [-0.2, 0) is 13.0 Å². The highest BCUT2D eigenvalue weighted by atomic mass is 19.3. The average Bonchev–Trinajstić information content (AvgIpc) is 2.18. The highest BCUT2D eigenvalue weighted by molar-refractivity contribution is 5.41. The third kappa shape index (κ3) is 2.19. The number of hydrogen-bond donors (Lipinski definition) is 2. The summed E-state index contributed by atoms with van der Waals surface area (Å²) in [6.45, 7) is -0.106. The van der Waals surface area contributed by atoms with Crippen molar-refractivity contribution in [1.29, 1.82) is 5.26 Å². The fourth-order valence-corrected chi connectivity index (χ4v) is 1.29. The standard InChI is InChI=1S/C9H9F2N3O/c10-9(11)8-5(1-2-12)6(3-13)7(15)4-14-8/h4,9,15H,1,3,13H2. The van der Waals surface area contributed by atoms with Gasteiger partial charge in [0.05, 0.1) is 18.7 Å². The topological polar surface area (TPSA) is 82.9 Å². The number of rotatable bonds is 3. The van der Waals surface area contributed by atoms with Crippen LogP contribution in [0.5, 0.6) is 5.75 Å². The molecule has 4 nitrogen and oxygen atoms in total. The fraction of sp³-hybridized carbons (Fsp3) is 0.333. The van der Waals surface area contributed by atoms with Crippen molar-refractivity contribution in [1.82, 2.24) is 4.98 Å². The molecule has 0 amide bonds. The Hall–Kier alpha value is -1.74. The summed E-state index contributed by atoms with van der Waals surface area (Å²) < 4.78 is 25.0. The van der Waals surface area contributed by atoms with Crippen LogP contribution in [0.1, 0.15) is 23.2 Å². The molecule has 80 valence electrons. The molecule has 0 fully saturated rings. The Kier molecular flexibility index (Phi) is 3.52. The summed E-state index contributed by atoms with van der Waals surface area (Å²) >= 11 is 0. The van der Waals surface area contributed by atoms with Gasteiger partial charge in [0, 0.05) is 17.7 Å². The molecule has 1 rings (SSSR count). The lowest BCUT2D eigenvalue weighted by atomic mass is 10.0. The van der Waals surface area contributed by atoms with Gasteiger partial charge in [-0.05, 0) is 0 Å². The molecule has 0 aliphatic carbocycles. The molecule has 1 aromatic heterocycles. The lowest BCUT2D eigenvalue weighted by Gasteiger charge is -2.11. The van der Waals surface area contributed by atoms with Crippen LogP contribution in [0.2, 0.25) is 0 Å². The molecule has 0 saturated carbocycles. The van der Waals surface area contributed by atoms with Crippen LogP contribution in [-0.4, -0.2) is 10.1 Å². The van der Waals surface area contributed by atoms with E-state index in [1.807, 2.05) is 0 Å². The van der Waals surface area contributed by atoms with E-state index >= 15 is 0 Å². The second kappa shape index (κ2) is 4.66. The van der Waals surface area contributed by atoms with Gasteiger partial charge in [0.25, 0.3) is 6.43 Å². The van der Waals surface area contributed by atoms with Crippen molar-refractivity contribution in [3.8, 4) is 11.8 Å². The predicted molar refractivity (Wildman–Crippen MR) is 48.1 cm³/mol. The predicted octanol–water partition coefficient (Wildman–Crippen LogP) is 1.25. The minimum atomic E-state index is -2.78. The third-order valence-electron chi connectivity index (χ3n) is 1.98. The van der Waals surface area contributed by atoms with E-state index in [1.54, 1.807) is 6.07 Å². The van der Waals surface area contributed by atoms with Crippen molar-refractivity contribution in [2.75, 3.05) is 0 Å². The van der Waals surface area contributed by atoms with Crippen molar-refractivity contribution >= 4 is 0 Å². The Bertz CT molecular complexity index is 401. The first-order valence-electron chi connectivity index (χ1n) is 4.16. The largest absolute Gasteiger partial charge is 0.506 e. The number of nitrogens with zero attached hydrogens (tertiary/aromatic N) is 2. The third-order valence-corrected chi connectivity index (χ3v) is 1.98. The summed E-state index contributed by atoms with van der Waals surface area (Å²) in [6, 6.07) is 1.74. The maximum Gasteiger partial charge on any atom is 0.280 e. The number of nitrogens with two attached hydrogens (primary N) is 1. The number of hydrogen-bond acceptors (Lipinski definition) is 4. The van der Waals surface area contributed by atoms with Gasteiger partial charge in [0.1, 0.15) is 11.4 Å². The normalized spacial score (nSPS) is 10.3. The SMILES string of the molecule is N#CCc1c(C(F)F)ncc(O)c1CN. The van der Waals surface area contributed by atoms with E-state index in [0.717, 1.165) is 6.20 Å². The van der Waals surface area contributed by atoms with Crippen LogP contribution in [0.15, 0.2) is 6.20 Å². The number of pyridine rings is 1. The second-order valence-corrected chi connectivity index (χ2v) is 2.83. The number of nitriles is 1. The molecule has 0 spiro atoms. The van der Waals surface area contributed by atoms with Crippen molar-refractivity contribution in [3.63, 3.8) is 0 Å². The Morgan fingerprint density at radius 2 is 2.20 bits per heavy atom. The molecule has 3 N–H and O–H groups in total. The van der Waals surface area contributed by atoms with Crippen LogP contribution in [0.3, 0.4) is 0 Å². The summed E-state index contributed by atoms with van der Waals surface area (Å²) in [7, 11) is 0. The number of halogens is 2. The van der Waals surface area contributed by atoms with E-state index in [2.05, 4.69) is 4.98 Å². The Morgan fingerprint density at radius 3 is 2.67 bits per heavy atom. The van der Waals surface area contributed by atoms with E-state index in [9.17, 15) is 13.9 Å². The van der Waals surface area contributed by atoms with Gasteiger partial charge >= 0.3 is 0 Å². The average molecular weight is 213 g/mol. The Morgan fingerprint density at radius 1 is 1.53 bits per heavy atom. The van der Waals surface area contributed by atoms with Crippen molar-refractivity contribution < 1.29 is 13.9 Å². The quantitative estimate of drug-likeness (QED) is 0.791. The van der Waals surface area contributed by atoms with Crippen LogP contribution in [0.4, 0.5) is 8.78 Å². The van der Waals surface area contributed by atoms with Crippen LogP contribution >= 0.6 is 0 Å². The molecular weight excluding hydrogens is 204 g/mol. The minimum Gasteiger partial charge on any atom is -0.506 e. The molecule has 0 bridgehead atoms. The zero-order valence-corrected chi connectivity index (χ0v) is 7.74. The van der Waals surface area contributed by atoms with Crippen LogP contribution in [0, 0.1) is 11.3 Å². The maximum absolute atomic E-state index is 12.5. The van der Waals surface area contributed by atoms with Gasteiger partial charge in [-0.1, -0.05) is 0 Å². The van der Waals surface area contributed by atoms with E-state index in [-0.39, 0.29) is 29.8 Å². The molecule has 15 heavy (non-hydrogen) atoms. The zero-order valence-electron chi connectivity index (χ0n) is 7.74. The van der Waals surface area contributed by atoms with Gasteiger partial charge < -0.3 is 10.8 Å². The number of alkyl halides is 2. The molecule has 0 atom stereocenters. The maximum atomic E-state index is 12.5. The highest BCUT2D eigenvalue weighted by Gasteiger charge is 2.19. The summed E-state index contributed by atoms with van der Waals surface area (Å²) in [5.41, 5.74) is 5.00. The lowest BCUT2D eigenvalue weighted by Crippen LogP contribution is -2.07. The molecule has 0 saturated heterocycles. The molecule has 0 unspecified atom stereocenters. The molecule has 0 aromatic carbocycles. The monoisotopic (exact) mass is 213 g/mol. The minimum absolute atomic E-state index is 0.0231. The Labute approximate surface area is 85.0 Å². The van der Waals surface area contributed by atoms with Crippen molar-refractivity contribution in [2.24, 2.45) is 5.73 Å². The first-order chi connectivity index (χ1) is 7.11. The van der Waals surface area contributed by atoms with Gasteiger partial charge in [-0.15, -0.1) is 0 Å². The first-order valence-corrected chi connectivity index (χ1v) is 4.16. The second-order valence-electron chi connectivity index (χ2n) is 2.83. The summed E-state index contributed by atoms with van der Waals surface area (Å²) in [5.74, 6) is -0.257. The van der Waals surface area contributed by atoms with Gasteiger partial charge in [-0.25, -0.2) is 8.78 Å². The van der Waals surface area contributed by atoms with E-state index < -0.39 is 12.1 Å². The Balaban J connectivity index is 3.36. The van der Waals surface area contributed by atoms with E-state index in [1.165, 1.54) is 0 Å². The van der Waals surface area contributed by atoms with Gasteiger partial charge in [0.2, 0.25) is 0 Å². The van der Waals surface area contributed by atoms with E-state index in [4.69, 9.17) is 11.0 Å². The molecule has 1 heterocycles. The summed E-state index contributed by atoms with van der Waals surface area (Å²) in [4.78, 5) is 3.40. The summed E-state index contributed by atoms with van der Waals surface area (Å²) in [6.07, 6.45) is -2.10. The molecule has 6 heteroatoms. The highest BCUT2D eigenvalue weighted by Crippen LogP contribution is 2.28. The van der Waals surface area contributed by atoms with Gasteiger partial charge in [-0.2, -0.15) is 5.26 Å². The van der Waals surface area contributed by atoms with Gasteiger partial charge in [0.15, 0.2) is 0 Å². The van der Waals surface area contributed by atoms with Crippen molar-refractivity contribution in [3.05, 3.63) is 23.0 Å². The molecule has 0 radical (unpaired) electrons. The molecule has 0 aliphatic rings. The van der Waals surface area contributed by atoms with Crippen LogP contribution in [0.25, 0.3) is 0 Å². The zero-order chi connectivity index (χ0) is 11.4. The first kappa shape index (κ1) is 11.3. The molecular formula is C9H9F2N3O.